The van der Waals surface area contributed by atoms with Crippen LogP contribution in [-0.4, -0.2) is 25.4 Å². The van der Waals surface area contributed by atoms with E-state index < -0.39 is 0 Å². The van der Waals surface area contributed by atoms with Crippen LogP contribution in [0.15, 0.2) is 0 Å². The molecule has 0 amide bonds. The van der Waals surface area contributed by atoms with Gasteiger partial charge in [0, 0.05) is 19.8 Å². The normalized spacial score (nSPS) is 13.1. The minimum absolute atomic E-state index is 0.0216. The van der Waals surface area contributed by atoms with Crippen molar-refractivity contribution in [3.8, 4) is 0 Å². The van der Waals surface area contributed by atoms with Gasteiger partial charge in [-0.1, -0.05) is 20.8 Å². The average molecular weight is 230 g/mol. The molecule has 0 rings (SSSR count). The molecule has 0 unspecified atom stereocenters. The maximum Gasteiger partial charge on any atom is 0.0598 e. The summed E-state index contributed by atoms with van der Waals surface area (Å²) in [4.78, 5) is 0. The Kier molecular flexibility index (Phi) is 7.25. The minimum atomic E-state index is -0.0216. The highest BCUT2D eigenvalue weighted by Gasteiger charge is 2.10. The highest BCUT2D eigenvalue weighted by molar-refractivity contribution is 4.60. The van der Waals surface area contributed by atoms with Gasteiger partial charge in [0.1, 0.15) is 0 Å². The van der Waals surface area contributed by atoms with Crippen LogP contribution in [0, 0.1) is 5.41 Å². The lowest BCUT2D eigenvalue weighted by atomic mass is 9.91. The highest BCUT2D eigenvalue weighted by atomic mass is 16.5. The molecule has 0 aromatic rings. The van der Waals surface area contributed by atoms with Gasteiger partial charge in [-0.3, -0.25) is 0 Å². The third kappa shape index (κ3) is 13.9. The number of rotatable bonds is 7. The Bertz CT molecular complexity index is 143. The van der Waals surface area contributed by atoms with Gasteiger partial charge in [-0.05, 0) is 45.4 Å². The van der Waals surface area contributed by atoms with E-state index in [2.05, 4.69) is 41.5 Å². The summed E-state index contributed by atoms with van der Waals surface area (Å²) >= 11 is 0. The second-order valence-electron chi connectivity index (χ2n) is 6.59. The molecule has 0 heterocycles. The summed E-state index contributed by atoms with van der Waals surface area (Å²) in [7, 11) is 0. The molecule has 0 fully saturated rings. The Balaban J connectivity index is 3.17. The Morgan fingerprint density at radius 3 is 1.81 bits per heavy atom. The molecule has 0 N–H and O–H groups in total. The largest absolute Gasteiger partial charge is 0.381 e. The monoisotopic (exact) mass is 230 g/mol. The zero-order chi connectivity index (χ0) is 12.7. The molecule has 0 aromatic heterocycles. The Hall–Kier alpha value is -0.0800. The van der Waals surface area contributed by atoms with Crippen molar-refractivity contribution in [2.24, 2.45) is 5.41 Å². The molecule has 0 saturated carbocycles. The summed E-state index contributed by atoms with van der Waals surface area (Å²) in [5, 5.41) is 0. The van der Waals surface area contributed by atoms with Gasteiger partial charge < -0.3 is 9.47 Å². The van der Waals surface area contributed by atoms with E-state index >= 15 is 0 Å². The highest BCUT2D eigenvalue weighted by Crippen LogP contribution is 2.20. The molecule has 0 atom stereocenters. The lowest BCUT2D eigenvalue weighted by molar-refractivity contribution is -0.0142. The van der Waals surface area contributed by atoms with Crippen molar-refractivity contribution in [2.75, 3.05) is 19.8 Å². The van der Waals surface area contributed by atoms with Crippen LogP contribution in [-0.2, 0) is 9.47 Å². The minimum Gasteiger partial charge on any atom is -0.381 e. The van der Waals surface area contributed by atoms with E-state index in [0.29, 0.717) is 5.41 Å². The van der Waals surface area contributed by atoms with Crippen LogP contribution >= 0.6 is 0 Å². The Morgan fingerprint density at radius 2 is 1.31 bits per heavy atom. The molecule has 0 aliphatic carbocycles. The topological polar surface area (TPSA) is 18.5 Å². The maximum absolute atomic E-state index is 5.61. The van der Waals surface area contributed by atoms with Crippen LogP contribution in [0.1, 0.15) is 60.8 Å². The molecule has 0 aromatic carbocycles. The lowest BCUT2D eigenvalue weighted by Crippen LogP contribution is -2.20. The van der Waals surface area contributed by atoms with Crippen molar-refractivity contribution in [3.05, 3.63) is 0 Å². The number of ether oxygens (including phenoxy) is 2. The van der Waals surface area contributed by atoms with Crippen molar-refractivity contribution in [1.82, 2.24) is 0 Å². The molecule has 2 nitrogen and oxygen atoms in total. The molecule has 0 spiro atoms. The van der Waals surface area contributed by atoms with Crippen molar-refractivity contribution in [1.29, 1.82) is 0 Å². The molecule has 98 valence electrons. The van der Waals surface area contributed by atoms with Crippen molar-refractivity contribution in [2.45, 2.75) is 66.4 Å². The third-order valence-electron chi connectivity index (χ3n) is 2.18. The van der Waals surface area contributed by atoms with E-state index in [4.69, 9.17) is 9.47 Å². The molecule has 0 aliphatic rings. The predicted molar refractivity (Wildman–Crippen MR) is 69.8 cm³/mol. The second kappa shape index (κ2) is 7.29. The van der Waals surface area contributed by atoms with Gasteiger partial charge in [0.2, 0.25) is 0 Å². The Labute approximate surface area is 102 Å². The fourth-order valence-electron chi connectivity index (χ4n) is 1.35. The smallest absolute Gasteiger partial charge is 0.0598 e. The van der Waals surface area contributed by atoms with Crippen LogP contribution in [0.5, 0.6) is 0 Å². The summed E-state index contributed by atoms with van der Waals surface area (Å²) in [6.45, 7) is 15.5. The maximum atomic E-state index is 5.61. The molecular formula is C14H30O2. The van der Waals surface area contributed by atoms with Gasteiger partial charge >= 0.3 is 0 Å². The van der Waals surface area contributed by atoms with Crippen LogP contribution in [0.25, 0.3) is 0 Å². The first-order valence-electron chi connectivity index (χ1n) is 6.42. The quantitative estimate of drug-likeness (QED) is 0.615. The fraction of sp³-hybridized carbons (Fsp3) is 1.00. The zero-order valence-electron chi connectivity index (χ0n) is 12.1. The molecule has 0 bridgehead atoms. The predicted octanol–water partition coefficient (Wildman–Crippen LogP) is 4.03. The summed E-state index contributed by atoms with van der Waals surface area (Å²) < 4.78 is 11.2. The first-order chi connectivity index (χ1) is 7.21. The summed E-state index contributed by atoms with van der Waals surface area (Å²) in [5.74, 6) is 0. The van der Waals surface area contributed by atoms with Gasteiger partial charge in [-0.15, -0.1) is 0 Å². The summed E-state index contributed by atoms with van der Waals surface area (Å²) in [5.41, 5.74) is 0.408. The molecule has 0 saturated heterocycles. The van der Waals surface area contributed by atoms with Gasteiger partial charge in [0.25, 0.3) is 0 Å². The van der Waals surface area contributed by atoms with Crippen molar-refractivity contribution >= 4 is 0 Å². The molecular weight excluding hydrogens is 200 g/mol. The van der Waals surface area contributed by atoms with E-state index in [-0.39, 0.29) is 5.60 Å². The number of hydrogen-bond donors (Lipinski definition) is 0. The van der Waals surface area contributed by atoms with Crippen molar-refractivity contribution in [3.63, 3.8) is 0 Å². The standard InChI is InChI=1S/C14H30O2/c1-13(2,3)9-7-10-15-11-8-12-16-14(4,5)6/h7-12H2,1-6H3. The van der Waals surface area contributed by atoms with E-state index in [1.807, 2.05) is 0 Å². The SMILES string of the molecule is CC(C)(C)CCCOCCCOC(C)(C)C. The van der Waals surface area contributed by atoms with Crippen molar-refractivity contribution < 1.29 is 9.47 Å². The zero-order valence-corrected chi connectivity index (χ0v) is 12.1. The first kappa shape index (κ1) is 15.9. The van der Waals surface area contributed by atoms with E-state index in [0.717, 1.165) is 32.7 Å². The molecule has 0 radical (unpaired) electrons. The molecule has 0 aliphatic heterocycles. The van der Waals surface area contributed by atoms with Crippen LogP contribution < -0.4 is 0 Å². The Morgan fingerprint density at radius 1 is 0.750 bits per heavy atom. The average Bonchev–Trinajstić information content (AvgIpc) is 2.06. The van der Waals surface area contributed by atoms with Gasteiger partial charge in [0.15, 0.2) is 0 Å². The van der Waals surface area contributed by atoms with Gasteiger partial charge in [0.05, 0.1) is 5.60 Å². The van der Waals surface area contributed by atoms with E-state index in [1.54, 1.807) is 0 Å². The van der Waals surface area contributed by atoms with Crippen LogP contribution in [0.2, 0.25) is 0 Å². The third-order valence-corrected chi connectivity index (χ3v) is 2.18. The van der Waals surface area contributed by atoms with Gasteiger partial charge in [-0.2, -0.15) is 0 Å². The van der Waals surface area contributed by atoms with E-state index in [9.17, 15) is 0 Å². The van der Waals surface area contributed by atoms with Crippen LogP contribution in [0.4, 0.5) is 0 Å². The molecule has 16 heavy (non-hydrogen) atoms. The lowest BCUT2D eigenvalue weighted by Gasteiger charge is -2.19. The first-order valence-corrected chi connectivity index (χ1v) is 6.42. The summed E-state index contributed by atoms with van der Waals surface area (Å²) in [6.07, 6.45) is 3.38. The second-order valence-corrected chi connectivity index (χ2v) is 6.59. The van der Waals surface area contributed by atoms with E-state index in [1.165, 1.54) is 6.42 Å². The molecule has 2 heteroatoms. The fourth-order valence-corrected chi connectivity index (χ4v) is 1.35. The van der Waals surface area contributed by atoms with Crippen LogP contribution in [0.3, 0.4) is 0 Å². The number of hydrogen-bond acceptors (Lipinski definition) is 2. The summed E-state index contributed by atoms with van der Waals surface area (Å²) in [6, 6.07) is 0. The van der Waals surface area contributed by atoms with Gasteiger partial charge in [-0.25, -0.2) is 0 Å².